The Hall–Kier alpha value is -2.09. The summed E-state index contributed by atoms with van der Waals surface area (Å²) in [5.41, 5.74) is 6.08. The number of carbonyl (C=O) groups is 1. The summed E-state index contributed by atoms with van der Waals surface area (Å²) < 4.78 is 0. The van der Waals surface area contributed by atoms with E-state index in [4.69, 9.17) is 0 Å². The number of rotatable bonds is 6. The summed E-state index contributed by atoms with van der Waals surface area (Å²) in [5, 5.41) is 3.18. The summed E-state index contributed by atoms with van der Waals surface area (Å²) in [5.74, 6) is 0.0843. The van der Waals surface area contributed by atoms with E-state index >= 15 is 0 Å². The molecule has 23 heavy (non-hydrogen) atoms. The highest BCUT2D eigenvalue weighted by Crippen LogP contribution is 2.21. The summed E-state index contributed by atoms with van der Waals surface area (Å²) in [4.78, 5) is 12.4. The number of hydrogen-bond acceptors (Lipinski definition) is 1. The second-order valence-corrected chi connectivity index (χ2v) is 6.24. The molecule has 2 heteroatoms. The summed E-state index contributed by atoms with van der Waals surface area (Å²) in [6, 6.07) is 14.8. The van der Waals surface area contributed by atoms with E-state index in [1.165, 1.54) is 22.3 Å². The van der Waals surface area contributed by atoms with Crippen LogP contribution in [0, 0.1) is 13.8 Å². The van der Waals surface area contributed by atoms with Crippen LogP contribution >= 0.6 is 0 Å². The first-order chi connectivity index (χ1) is 11.0. The van der Waals surface area contributed by atoms with E-state index < -0.39 is 0 Å². The molecule has 0 spiro atoms. The molecular weight excluding hydrogens is 282 g/mol. The Morgan fingerprint density at radius 2 is 1.65 bits per heavy atom. The molecule has 0 aromatic heterocycles. The van der Waals surface area contributed by atoms with Gasteiger partial charge in [-0.2, -0.15) is 0 Å². The van der Waals surface area contributed by atoms with Crippen molar-refractivity contribution in [2.24, 2.45) is 0 Å². The van der Waals surface area contributed by atoms with Crippen molar-refractivity contribution in [2.45, 2.75) is 53.0 Å². The molecular formula is C21H27NO. The van der Waals surface area contributed by atoms with Crippen molar-refractivity contribution in [3.63, 3.8) is 0 Å². The fourth-order valence-electron chi connectivity index (χ4n) is 2.94. The van der Waals surface area contributed by atoms with Crippen LogP contribution in [0.25, 0.3) is 0 Å². The zero-order valence-electron chi connectivity index (χ0n) is 14.6. The van der Waals surface area contributed by atoms with Gasteiger partial charge in [-0.15, -0.1) is 0 Å². The maximum absolute atomic E-state index is 12.4. The number of nitrogens with one attached hydrogen (secondary N) is 1. The Kier molecular flexibility index (Phi) is 5.97. The second-order valence-electron chi connectivity index (χ2n) is 6.24. The highest BCUT2D eigenvalue weighted by molar-refractivity contribution is 5.79. The van der Waals surface area contributed by atoms with Gasteiger partial charge in [0.25, 0.3) is 0 Å². The lowest BCUT2D eigenvalue weighted by molar-refractivity contribution is -0.121. The number of carbonyl (C=O) groups excluding carboxylic acids is 1. The molecule has 0 saturated carbocycles. The fraction of sp³-hybridized carbons (Fsp3) is 0.381. The minimum atomic E-state index is 0.0815. The van der Waals surface area contributed by atoms with Crippen LogP contribution in [0.5, 0.6) is 0 Å². The van der Waals surface area contributed by atoms with E-state index in [9.17, 15) is 4.79 Å². The third-order valence-electron chi connectivity index (χ3n) is 4.34. The Labute approximate surface area is 139 Å². The van der Waals surface area contributed by atoms with Gasteiger partial charge in [-0.25, -0.2) is 0 Å². The van der Waals surface area contributed by atoms with Crippen LogP contribution < -0.4 is 5.32 Å². The average molecular weight is 309 g/mol. The van der Waals surface area contributed by atoms with E-state index in [2.05, 4.69) is 75.5 Å². The number of aryl methyl sites for hydroxylation is 3. The maximum Gasteiger partial charge on any atom is 0.224 e. The maximum atomic E-state index is 12.4. The first-order valence-electron chi connectivity index (χ1n) is 8.47. The van der Waals surface area contributed by atoms with Gasteiger partial charge in [0.1, 0.15) is 0 Å². The molecule has 2 rings (SSSR count). The molecule has 0 aliphatic rings. The highest BCUT2D eigenvalue weighted by atomic mass is 16.1. The third kappa shape index (κ3) is 4.69. The van der Waals surface area contributed by atoms with Crippen molar-refractivity contribution in [3.8, 4) is 0 Å². The van der Waals surface area contributed by atoms with Gasteiger partial charge < -0.3 is 5.32 Å². The van der Waals surface area contributed by atoms with Crippen molar-refractivity contribution < 1.29 is 4.79 Å². The van der Waals surface area contributed by atoms with Crippen molar-refractivity contribution in [1.82, 2.24) is 5.32 Å². The van der Waals surface area contributed by atoms with E-state index in [0.717, 1.165) is 18.4 Å². The molecule has 1 atom stereocenters. The molecule has 122 valence electrons. The van der Waals surface area contributed by atoms with Crippen LogP contribution in [0.4, 0.5) is 0 Å². The molecule has 2 aromatic carbocycles. The summed E-state index contributed by atoms with van der Waals surface area (Å²) >= 11 is 0. The largest absolute Gasteiger partial charge is 0.349 e. The van der Waals surface area contributed by atoms with Crippen LogP contribution in [0.15, 0.2) is 42.5 Å². The molecule has 0 heterocycles. The van der Waals surface area contributed by atoms with Crippen LogP contribution in [0.1, 0.15) is 54.1 Å². The lowest BCUT2D eigenvalue weighted by atomic mass is 9.97. The Morgan fingerprint density at radius 1 is 1.00 bits per heavy atom. The zero-order valence-corrected chi connectivity index (χ0v) is 14.6. The van der Waals surface area contributed by atoms with Gasteiger partial charge in [0.2, 0.25) is 5.91 Å². The summed E-state index contributed by atoms with van der Waals surface area (Å²) in [6.07, 6.45) is 2.35. The molecule has 2 nitrogen and oxygen atoms in total. The zero-order chi connectivity index (χ0) is 16.8. The molecule has 0 aliphatic carbocycles. The monoisotopic (exact) mass is 309 g/mol. The first kappa shape index (κ1) is 17.3. The molecule has 0 radical (unpaired) electrons. The predicted octanol–water partition coefficient (Wildman–Crippen LogP) is 4.68. The molecule has 1 amide bonds. The lowest BCUT2D eigenvalue weighted by Crippen LogP contribution is -2.30. The van der Waals surface area contributed by atoms with E-state index in [-0.39, 0.29) is 11.9 Å². The quantitative estimate of drug-likeness (QED) is 0.825. The molecule has 1 N–H and O–H groups in total. The van der Waals surface area contributed by atoms with Gasteiger partial charge in [0.15, 0.2) is 0 Å². The van der Waals surface area contributed by atoms with Gasteiger partial charge in [-0.1, -0.05) is 61.9 Å². The molecule has 0 bridgehead atoms. The number of amides is 1. The second kappa shape index (κ2) is 7.96. The SMILES string of the molecule is CCc1ccc(CC(=O)NC(CC)c2ccc(C)cc2C)cc1. The van der Waals surface area contributed by atoms with Gasteiger partial charge in [-0.3, -0.25) is 4.79 Å². The van der Waals surface area contributed by atoms with Crippen molar-refractivity contribution >= 4 is 5.91 Å². The normalized spacial score (nSPS) is 12.0. The van der Waals surface area contributed by atoms with Crippen molar-refractivity contribution in [3.05, 3.63) is 70.3 Å². The van der Waals surface area contributed by atoms with Gasteiger partial charge >= 0.3 is 0 Å². The van der Waals surface area contributed by atoms with E-state index in [1.807, 2.05) is 0 Å². The number of hydrogen-bond donors (Lipinski definition) is 1. The average Bonchev–Trinajstić information content (AvgIpc) is 2.54. The van der Waals surface area contributed by atoms with Crippen LogP contribution in [-0.4, -0.2) is 5.91 Å². The van der Waals surface area contributed by atoms with Gasteiger partial charge in [-0.05, 0) is 48.9 Å². The molecule has 1 unspecified atom stereocenters. The van der Waals surface area contributed by atoms with Crippen molar-refractivity contribution in [2.75, 3.05) is 0 Å². The molecule has 2 aromatic rings. The number of benzene rings is 2. The summed E-state index contributed by atoms with van der Waals surface area (Å²) in [7, 11) is 0. The van der Waals surface area contributed by atoms with Gasteiger partial charge in [0, 0.05) is 0 Å². The minimum absolute atomic E-state index is 0.0815. The standard InChI is InChI=1S/C21H27NO/c1-5-17-8-10-18(11-9-17)14-21(23)22-20(6-2)19-12-7-15(3)13-16(19)4/h7-13,20H,5-6,14H2,1-4H3,(H,22,23). The van der Waals surface area contributed by atoms with Crippen LogP contribution in [0.3, 0.4) is 0 Å². The molecule has 0 aliphatic heterocycles. The van der Waals surface area contributed by atoms with Crippen LogP contribution in [0.2, 0.25) is 0 Å². The first-order valence-corrected chi connectivity index (χ1v) is 8.47. The van der Waals surface area contributed by atoms with Crippen molar-refractivity contribution in [1.29, 1.82) is 0 Å². The van der Waals surface area contributed by atoms with Gasteiger partial charge in [0.05, 0.1) is 12.5 Å². The Balaban J connectivity index is 2.04. The smallest absolute Gasteiger partial charge is 0.224 e. The Morgan fingerprint density at radius 3 is 2.22 bits per heavy atom. The van der Waals surface area contributed by atoms with E-state index in [0.29, 0.717) is 6.42 Å². The Bertz CT molecular complexity index is 658. The summed E-state index contributed by atoms with van der Waals surface area (Å²) in [6.45, 7) is 8.45. The third-order valence-corrected chi connectivity index (χ3v) is 4.34. The van der Waals surface area contributed by atoms with Crippen LogP contribution in [-0.2, 0) is 17.6 Å². The lowest BCUT2D eigenvalue weighted by Gasteiger charge is -2.20. The topological polar surface area (TPSA) is 29.1 Å². The van der Waals surface area contributed by atoms with E-state index in [1.54, 1.807) is 0 Å². The predicted molar refractivity (Wildman–Crippen MR) is 96.6 cm³/mol. The minimum Gasteiger partial charge on any atom is -0.349 e. The highest BCUT2D eigenvalue weighted by Gasteiger charge is 2.15. The molecule has 0 fully saturated rings. The fourth-order valence-corrected chi connectivity index (χ4v) is 2.94. The molecule has 0 saturated heterocycles.